The fraction of sp³-hybridized carbons (Fsp3) is 0.500. The second-order valence-corrected chi connectivity index (χ2v) is 4.09. The van der Waals surface area contributed by atoms with Crippen LogP contribution in [0.25, 0.3) is 5.65 Å². The van der Waals surface area contributed by atoms with E-state index in [1.165, 1.54) is 0 Å². The molecule has 0 saturated heterocycles. The molecule has 78 valence electrons. The number of nitrogens with two attached hydrogens (primary N) is 1. The quantitative estimate of drug-likeness (QED) is 0.686. The molecule has 0 radical (unpaired) electrons. The molecule has 1 atom stereocenters. The second-order valence-electron chi connectivity index (χ2n) is 4.09. The van der Waals surface area contributed by atoms with Gasteiger partial charge in [-0.3, -0.25) is 0 Å². The Labute approximate surface area is 87.3 Å². The van der Waals surface area contributed by atoms with Crippen molar-refractivity contribution in [3.05, 3.63) is 23.1 Å². The minimum Gasteiger partial charge on any atom is -0.323 e. The third-order valence-electron chi connectivity index (χ3n) is 2.90. The molecule has 1 unspecified atom stereocenters. The lowest BCUT2D eigenvalue weighted by atomic mass is 9.96. The summed E-state index contributed by atoms with van der Waals surface area (Å²) in [4.78, 5) is 0. The summed E-state index contributed by atoms with van der Waals surface area (Å²) < 4.78 is 1.89. The highest BCUT2D eigenvalue weighted by atomic mass is 15.3. The smallest absolute Gasteiger partial charge is 0.177 e. The molecule has 5 nitrogen and oxygen atoms in total. The molecule has 2 heterocycles. The zero-order valence-electron chi connectivity index (χ0n) is 8.64. The molecule has 2 aromatic rings. The molecule has 15 heavy (non-hydrogen) atoms. The fourth-order valence-corrected chi connectivity index (χ4v) is 2.18. The van der Waals surface area contributed by atoms with E-state index in [0.717, 1.165) is 42.0 Å². The number of hydrogen-bond acceptors (Lipinski definition) is 4. The summed E-state index contributed by atoms with van der Waals surface area (Å²) in [5, 5.41) is 12.8. The van der Waals surface area contributed by atoms with E-state index in [0.29, 0.717) is 0 Å². The van der Waals surface area contributed by atoms with Gasteiger partial charge in [0.15, 0.2) is 5.65 Å². The van der Waals surface area contributed by atoms with Crippen molar-refractivity contribution in [1.29, 1.82) is 0 Å². The number of aryl methyl sites for hydroxylation is 2. The molecule has 1 aliphatic rings. The average molecular weight is 203 g/mol. The van der Waals surface area contributed by atoms with Gasteiger partial charge in [0.2, 0.25) is 0 Å². The van der Waals surface area contributed by atoms with E-state index >= 15 is 0 Å². The van der Waals surface area contributed by atoms with Crippen LogP contribution in [0.2, 0.25) is 0 Å². The van der Waals surface area contributed by atoms with Crippen LogP contribution in [0.3, 0.4) is 0 Å². The molecular weight excluding hydrogens is 190 g/mol. The summed E-state index contributed by atoms with van der Waals surface area (Å²) >= 11 is 0. The van der Waals surface area contributed by atoms with Gasteiger partial charge in [0.25, 0.3) is 0 Å². The van der Waals surface area contributed by atoms with E-state index in [9.17, 15) is 0 Å². The molecule has 0 amide bonds. The SMILES string of the molecule is Cc1cc2nnc3c(n2n1)CCCC3N. The third kappa shape index (κ3) is 1.23. The van der Waals surface area contributed by atoms with E-state index in [1.807, 2.05) is 17.5 Å². The maximum Gasteiger partial charge on any atom is 0.177 e. The second kappa shape index (κ2) is 3.00. The molecule has 2 aromatic heterocycles. The standard InChI is InChI=1S/C10H13N5/c1-6-5-9-12-13-10-7(11)3-2-4-8(10)15(9)14-6/h5,7H,2-4,11H2,1H3. The third-order valence-corrected chi connectivity index (χ3v) is 2.90. The molecule has 0 fully saturated rings. The van der Waals surface area contributed by atoms with Crippen molar-refractivity contribution in [1.82, 2.24) is 19.8 Å². The van der Waals surface area contributed by atoms with Crippen LogP contribution in [0.5, 0.6) is 0 Å². The van der Waals surface area contributed by atoms with Gasteiger partial charge in [0, 0.05) is 6.07 Å². The Morgan fingerprint density at radius 2 is 2.33 bits per heavy atom. The van der Waals surface area contributed by atoms with Gasteiger partial charge < -0.3 is 5.73 Å². The van der Waals surface area contributed by atoms with Crippen LogP contribution < -0.4 is 5.73 Å². The summed E-state index contributed by atoms with van der Waals surface area (Å²) in [5.41, 5.74) is 9.83. The summed E-state index contributed by atoms with van der Waals surface area (Å²) in [6.07, 6.45) is 3.09. The van der Waals surface area contributed by atoms with Crippen LogP contribution in [-0.4, -0.2) is 19.8 Å². The minimum atomic E-state index is 0.0233. The molecule has 0 aliphatic heterocycles. The molecule has 1 aliphatic carbocycles. The first-order valence-electron chi connectivity index (χ1n) is 5.23. The normalized spacial score (nSPS) is 20.5. The lowest BCUT2D eigenvalue weighted by molar-refractivity contribution is 0.522. The van der Waals surface area contributed by atoms with Crippen LogP contribution in [0, 0.1) is 6.92 Å². The van der Waals surface area contributed by atoms with Crippen LogP contribution >= 0.6 is 0 Å². The van der Waals surface area contributed by atoms with Crippen LogP contribution in [-0.2, 0) is 6.42 Å². The van der Waals surface area contributed by atoms with Gasteiger partial charge in [-0.15, -0.1) is 10.2 Å². The molecular formula is C10H13N5. The molecule has 2 N–H and O–H groups in total. The maximum atomic E-state index is 6.00. The van der Waals surface area contributed by atoms with Gasteiger partial charge in [-0.2, -0.15) is 5.10 Å². The zero-order chi connectivity index (χ0) is 10.4. The van der Waals surface area contributed by atoms with Crippen LogP contribution in [0.15, 0.2) is 6.07 Å². The van der Waals surface area contributed by atoms with E-state index in [1.54, 1.807) is 0 Å². The Morgan fingerprint density at radius 1 is 1.47 bits per heavy atom. The Hall–Kier alpha value is -1.49. The molecule has 0 saturated carbocycles. The first-order chi connectivity index (χ1) is 7.25. The zero-order valence-corrected chi connectivity index (χ0v) is 8.64. The van der Waals surface area contributed by atoms with Gasteiger partial charge in [-0.05, 0) is 26.2 Å². The number of nitrogens with zero attached hydrogens (tertiary/aromatic N) is 4. The Balaban J connectivity index is 2.32. The van der Waals surface area contributed by atoms with Gasteiger partial charge in [-0.1, -0.05) is 0 Å². The number of fused-ring (bicyclic) bond motifs is 3. The van der Waals surface area contributed by atoms with Crippen molar-refractivity contribution in [2.75, 3.05) is 0 Å². The lowest BCUT2D eigenvalue weighted by Gasteiger charge is -2.20. The highest BCUT2D eigenvalue weighted by Crippen LogP contribution is 2.25. The maximum absolute atomic E-state index is 6.00. The van der Waals surface area contributed by atoms with E-state index in [4.69, 9.17) is 5.73 Å². The Kier molecular flexibility index (Phi) is 1.76. The summed E-state index contributed by atoms with van der Waals surface area (Å²) in [7, 11) is 0. The van der Waals surface area contributed by atoms with Crippen molar-refractivity contribution in [2.24, 2.45) is 5.73 Å². The average Bonchev–Trinajstić information content (AvgIpc) is 2.59. The summed E-state index contributed by atoms with van der Waals surface area (Å²) in [6.45, 7) is 1.96. The summed E-state index contributed by atoms with van der Waals surface area (Å²) in [5.74, 6) is 0. The van der Waals surface area contributed by atoms with Gasteiger partial charge in [0.05, 0.1) is 17.4 Å². The van der Waals surface area contributed by atoms with Crippen LogP contribution in [0.1, 0.15) is 36.0 Å². The van der Waals surface area contributed by atoms with Gasteiger partial charge in [-0.25, -0.2) is 4.52 Å². The van der Waals surface area contributed by atoms with Gasteiger partial charge >= 0.3 is 0 Å². The molecule has 0 spiro atoms. The molecule has 0 bridgehead atoms. The predicted molar refractivity (Wildman–Crippen MR) is 55.4 cm³/mol. The number of rotatable bonds is 0. The fourth-order valence-electron chi connectivity index (χ4n) is 2.18. The van der Waals surface area contributed by atoms with Crippen molar-refractivity contribution < 1.29 is 0 Å². The molecule has 0 aromatic carbocycles. The Morgan fingerprint density at radius 3 is 3.20 bits per heavy atom. The van der Waals surface area contributed by atoms with E-state index in [2.05, 4.69) is 15.3 Å². The Bertz CT molecular complexity index is 516. The van der Waals surface area contributed by atoms with Crippen molar-refractivity contribution in [2.45, 2.75) is 32.2 Å². The lowest BCUT2D eigenvalue weighted by Crippen LogP contribution is -2.22. The van der Waals surface area contributed by atoms with Crippen molar-refractivity contribution >= 4 is 5.65 Å². The predicted octanol–water partition coefficient (Wildman–Crippen LogP) is 0.769. The summed E-state index contributed by atoms with van der Waals surface area (Å²) in [6, 6.07) is 1.96. The highest BCUT2D eigenvalue weighted by molar-refractivity contribution is 5.40. The van der Waals surface area contributed by atoms with Crippen molar-refractivity contribution in [3.8, 4) is 0 Å². The van der Waals surface area contributed by atoms with Crippen molar-refractivity contribution in [3.63, 3.8) is 0 Å². The molecule has 3 rings (SSSR count). The minimum absolute atomic E-state index is 0.0233. The van der Waals surface area contributed by atoms with E-state index in [-0.39, 0.29) is 6.04 Å². The highest BCUT2D eigenvalue weighted by Gasteiger charge is 2.22. The molecule has 5 heteroatoms. The van der Waals surface area contributed by atoms with E-state index < -0.39 is 0 Å². The monoisotopic (exact) mass is 203 g/mol. The largest absolute Gasteiger partial charge is 0.323 e. The number of aromatic nitrogens is 4. The first kappa shape index (κ1) is 8.79. The number of hydrogen-bond donors (Lipinski definition) is 1. The first-order valence-corrected chi connectivity index (χ1v) is 5.23. The van der Waals surface area contributed by atoms with Gasteiger partial charge in [0.1, 0.15) is 5.69 Å². The van der Waals surface area contributed by atoms with Crippen LogP contribution in [0.4, 0.5) is 0 Å². The topological polar surface area (TPSA) is 69.1 Å².